The minimum absolute atomic E-state index is 0.449. The zero-order valence-electron chi connectivity index (χ0n) is 11.7. The molecule has 0 radical (unpaired) electrons. The number of rotatable bonds is 7. The van der Waals surface area contributed by atoms with Crippen LogP contribution < -0.4 is 16.4 Å². The highest BCUT2D eigenvalue weighted by Crippen LogP contribution is 2.24. The molecule has 106 valence electrons. The van der Waals surface area contributed by atoms with Crippen LogP contribution in [0.5, 0.6) is 0 Å². The van der Waals surface area contributed by atoms with E-state index in [1.54, 1.807) is 6.33 Å². The first-order valence-corrected chi connectivity index (χ1v) is 7.27. The van der Waals surface area contributed by atoms with Gasteiger partial charge in [0.05, 0.1) is 0 Å². The van der Waals surface area contributed by atoms with Gasteiger partial charge in [-0.05, 0) is 31.2 Å². The molecule has 0 bridgehead atoms. The van der Waals surface area contributed by atoms with E-state index in [2.05, 4.69) is 27.5 Å². The summed E-state index contributed by atoms with van der Waals surface area (Å²) >= 11 is 0. The molecule has 1 aliphatic carbocycles. The molecule has 2 rings (SSSR count). The lowest BCUT2D eigenvalue weighted by Gasteiger charge is -2.13. The number of hydrogen-bond donors (Lipinski definition) is 3. The van der Waals surface area contributed by atoms with E-state index in [9.17, 15) is 0 Å². The van der Waals surface area contributed by atoms with Gasteiger partial charge in [-0.15, -0.1) is 0 Å². The second-order valence-corrected chi connectivity index (χ2v) is 5.54. The molecule has 1 saturated carbocycles. The van der Waals surface area contributed by atoms with E-state index in [1.165, 1.54) is 25.7 Å². The fourth-order valence-electron chi connectivity index (χ4n) is 2.38. The maximum atomic E-state index is 5.60. The van der Waals surface area contributed by atoms with Crippen LogP contribution in [-0.4, -0.2) is 29.6 Å². The van der Waals surface area contributed by atoms with E-state index >= 15 is 0 Å². The van der Waals surface area contributed by atoms with Crippen molar-refractivity contribution in [2.45, 2.75) is 32.6 Å². The van der Waals surface area contributed by atoms with E-state index < -0.39 is 0 Å². The van der Waals surface area contributed by atoms with E-state index in [0.29, 0.717) is 12.5 Å². The Balaban J connectivity index is 1.80. The molecule has 0 aliphatic heterocycles. The fourth-order valence-corrected chi connectivity index (χ4v) is 2.38. The van der Waals surface area contributed by atoms with Crippen molar-refractivity contribution in [3.05, 3.63) is 12.4 Å². The SMILES string of the molecule is CC(CN)CNc1cc(NCC2CCCC2)ncn1. The number of nitrogens with two attached hydrogens (primary N) is 1. The van der Waals surface area contributed by atoms with Crippen molar-refractivity contribution in [3.63, 3.8) is 0 Å². The van der Waals surface area contributed by atoms with E-state index in [-0.39, 0.29) is 0 Å². The van der Waals surface area contributed by atoms with Crippen LogP contribution in [0.3, 0.4) is 0 Å². The monoisotopic (exact) mass is 263 g/mol. The molecule has 0 amide bonds. The third-order valence-corrected chi connectivity index (χ3v) is 3.75. The molecule has 0 spiro atoms. The lowest BCUT2D eigenvalue weighted by Crippen LogP contribution is -2.20. The lowest BCUT2D eigenvalue weighted by atomic mass is 10.1. The second-order valence-electron chi connectivity index (χ2n) is 5.54. The van der Waals surface area contributed by atoms with Crippen molar-refractivity contribution in [2.24, 2.45) is 17.6 Å². The number of anilines is 2. The van der Waals surface area contributed by atoms with Crippen molar-refractivity contribution in [1.82, 2.24) is 9.97 Å². The molecular formula is C14H25N5. The number of aromatic nitrogens is 2. The molecular weight excluding hydrogens is 238 g/mol. The van der Waals surface area contributed by atoms with Gasteiger partial charge in [0.2, 0.25) is 0 Å². The zero-order valence-corrected chi connectivity index (χ0v) is 11.7. The second kappa shape index (κ2) is 7.28. The minimum atomic E-state index is 0.449. The van der Waals surface area contributed by atoms with Gasteiger partial charge in [0.25, 0.3) is 0 Å². The maximum Gasteiger partial charge on any atom is 0.131 e. The van der Waals surface area contributed by atoms with Crippen LogP contribution in [0.15, 0.2) is 12.4 Å². The Labute approximate surface area is 115 Å². The predicted molar refractivity (Wildman–Crippen MR) is 79.2 cm³/mol. The normalized spacial score (nSPS) is 17.4. The summed E-state index contributed by atoms with van der Waals surface area (Å²) in [7, 11) is 0. The van der Waals surface area contributed by atoms with Crippen LogP contribution in [0.4, 0.5) is 11.6 Å². The molecule has 0 aromatic carbocycles. The van der Waals surface area contributed by atoms with Gasteiger partial charge in [-0.25, -0.2) is 9.97 Å². The summed E-state index contributed by atoms with van der Waals surface area (Å²) in [6.07, 6.45) is 7.04. The summed E-state index contributed by atoms with van der Waals surface area (Å²) in [5.74, 6) is 3.03. The Kier molecular flexibility index (Phi) is 5.39. The van der Waals surface area contributed by atoms with Gasteiger partial charge in [0.15, 0.2) is 0 Å². The molecule has 1 fully saturated rings. The molecule has 4 N–H and O–H groups in total. The summed E-state index contributed by atoms with van der Waals surface area (Å²) in [6.45, 7) is 4.67. The maximum absolute atomic E-state index is 5.60. The largest absolute Gasteiger partial charge is 0.370 e. The highest BCUT2D eigenvalue weighted by Gasteiger charge is 2.14. The summed E-state index contributed by atoms with van der Waals surface area (Å²) in [5.41, 5.74) is 5.60. The van der Waals surface area contributed by atoms with Crippen molar-refractivity contribution >= 4 is 11.6 Å². The minimum Gasteiger partial charge on any atom is -0.370 e. The third-order valence-electron chi connectivity index (χ3n) is 3.75. The molecule has 1 atom stereocenters. The van der Waals surface area contributed by atoms with Crippen LogP contribution in [0.1, 0.15) is 32.6 Å². The number of hydrogen-bond acceptors (Lipinski definition) is 5. The van der Waals surface area contributed by atoms with Gasteiger partial charge in [-0.2, -0.15) is 0 Å². The zero-order chi connectivity index (χ0) is 13.5. The molecule has 19 heavy (non-hydrogen) atoms. The van der Waals surface area contributed by atoms with Crippen LogP contribution in [-0.2, 0) is 0 Å². The Hall–Kier alpha value is -1.36. The number of nitrogens with one attached hydrogen (secondary N) is 2. The van der Waals surface area contributed by atoms with Gasteiger partial charge in [-0.1, -0.05) is 19.8 Å². The summed E-state index contributed by atoms with van der Waals surface area (Å²) in [4.78, 5) is 8.48. The van der Waals surface area contributed by atoms with Crippen LogP contribution >= 0.6 is 0 Å². The Bertz CT molecular complexity index is 376. The van der Waals surface area contributed by atoms with Crippen molar-refractivity contribution in [2.75, 3.05) is 30.3 Å². The van der Waals surface area contributed by atoms with Crippen molar-refractivity contribution < 1.29 is 0 Å². The molecule has 1 aromatic heterocycles. The summed E-state index contributed by atoms with van der Waals surface area (Å²) in [5, 5.41) is 6.71. The first-order chi connectivity index (χ1) is 9.28. The fraction of sp³-hybridized carbons (Fsp3) is 0.714. The third kappa shape index (κ3) is 4.67. The quantitative estimate of drug-likeness (QED) is 0.702. The topological polar surface area (TPSA) is 75.9 Å². The molecule has 1 heterocycles. The molecule has 1 unspecified atom stereocenters. The predicted octanol–water partition coefficient (Wildman–Crippen LogP) is 2.09. The van der Waals surface area contributed by atoms with Gasteiger partial charge < -0.3 is 16.4 Å². The highest BCUT2D eigenvalue weighted by atomic mass is 15.1. The molecule has 1 aromatic rings. The first-order valence-electron chi connectivity index (χ1n) is 7.27. The van der Waals surface area contributed by atoms with Crippen molar-refractivity contribution in [1.29, 1.82) is 0 Å². The molecule has 5 heteroatoms. The number of nitrogens with zero attached hydrogens (tertiary/aromatic N) is 2. The summed E-state index contributed by atoms with van der Waals surface area (Å²) < 4.78 is 0. The van der Waals surface area contributed by atoms with Gasteiger partial charge >= 0.3 is 0 Å². The van der Waals surface area contributed by atoms with Crippen LogP contribution in [0, 0.1) is 11.8 Å². The standard InChI is InChI=1S/C14H25N5/c1-11(7-15)8-16-13-6-14(19-10-18-13)17-9-12-4-2-3-5-12/h6,10-12H,2-5,7-9,15H2,1H3,(H2,16,17,18,19). The Morgan fingerprint density at radius 3 is 2.63 bits per heavy atom. The van der Waals surface area contributed by atoms with Gasteiger partial charge in [0.1, 0.15) is 18.0 Å². The van der Waals surface area contributed by atoms with E-state index in [4.69, 9.17) is 5.73 Å². The van der Waals surface area contributed by atoms with Crippen LogP contribution in [0.2, 0.25) is 0 Å². The smallest absolute Gasteiger partial charge is 0.131 e. The van der Waals surface area contributed by atoms with E-state index in [1.807, 2.05) is 6.07 Å². The van der Waals surface area contributed by atoms with Gasteiger partial charge in [-0.3, -0.25) is 0 Å². The van der Waals surface area contributed by atoms with Crippen LogP contribution in [0.25, 0.3) is 0 Å². The highest BCUT2D eigenvalue weighted by molar-refractivity contribution is 5.46. The molecule has 0 saturated heterocycles. The average Bonchev–Trinajstić information content (AvgIpc) is 2.96. The molecule has 5 nitrogen and oxygen atoms in total. The Morgan fingerprint density at radius 1 is 1.26 bits per heavy atom. The van der Waals surface area contributed by atoms with Gasteiger partial charge in [0, 0.05) is 19.2 Å². The Morgan fingerprint density at radius 2 is 1.95 bits per heavy atom. The first kappa shape index (κ1) is 14.1. The lowest BCUT2D eigenvalue weighted by molar-refractivity contribution is 0.579. The van der Waals surface area contributed by atoms with Crippen molar-refractivity contribution in [3.8, 4) is 0 Å². The average molecular weight is 263 g/mol. The van der Waals surface area contributed by atoms with E-state index in [0.717, 1.165) is 30.6 Å². The summed E-state index contributed by atoms with van der Waals surface area (Å²) in [6, 6.07) is 1.97. The molecule has 1 aliphatic rings.